The van der Waals surface area contributed by atoms with Gasteiger partial charge in [0.1, 0.15) is 26.1 Å². The van der Waals surface area contributed by atoms with Crippen molar-refractivity contribution in [2.24, 2.45) is 4.99 Å². The molecular weight excluding hydrogens is 275 g/mol. The first-order chi connectivity index (χ1) is 9.03. The van der Waals surface area contributed by atoms with Gasteiger partial charge in [-0.15, -0.1) is 11.3 Å². The van der Waals surface area contributed by atoms with Crippen LogP contribution in [0.3, 0.4) is 0 Å². The van der Waals surface area contributed by atoms with E-state index in [0.717, 1.165) is 4.88 Å². The number of thiophene rings is 1. The molecule has 0 saturated carbocycles. The van der Waals surface area contributed by atoms with Gasteiger partial charge in [0, 0.05) is 4.88 Å². The SMILES string of the molecule is FC(F)(F)[C@@]12CC(c3cccs3)=NCC[NH+]1CC[NH2+]2. The number of quaternary nitrogens is 2. The Morgan fingerprint density at radius 2 is 2.21 bits per heavy atom. The van der Waals surface area contributed by atoms with E-state index < -0.39 is 11.8 Å². The molecule has 7 heteroatoms. The summed E-state index contributed by atoms with van der Waals surface area (Å²) in [5.41, 5.74) is -1.12. The third kappa shape index (κ3) is 2.09. The van der Waals surface area contributed by atoms with Gasteiger partial charge in [0.15, 0.2) is 0 Å². The van der Waals surface area contributed by atoms with E-state index in [1.807, 2.05) is 17.5 Å². The fraction of sp³-hybridized carbons (Fsp3) is 0.583. The van der Waals surface area contributed by atoms with Crippen molar-refractivity contribution < 1.29 is 23.4 Å². The van der Waals surface area contributed by atoms with Crippen LogP contribution in [0.1, 0.15) is 11.3 Å². The molecule has 3 rings (SSSR count). The zero-order chi connectivity index (χ0) is 13.5. The Kier molecular flexibility index (Phi) is 3.15. The molecule has 1 aromatic heterocycles. The highest BCUT2D eigenvalue weighted by Gasteiger charge is 2.69. The van der Waals surface area contributed by atoms with Crippen LogP contribution >= 0.6 is 11.3 Å². The number of fused-ring (bicyclic) bond motifs is 1. The maximum Gasteiger partial charge on any atom is 0.503 e. The molecule has 0 aromatic carbocycles. The van der Waals surface area contributed by atoms with E-state index >= 15 is 0 Å². The standard InChI is InChI=1S/C12H14F3N3S/c13-12(14,15)11-8-9(10-2-1-7-19-10)16-3-5-18(11)6-4-17-11/h1-2,7,17H,3-6,8H2/p+2/t11-/m1/s1. The van der Waals surface area contributed by atoms with Crippen molar-refractivity contribution in [2.45, 2.75) is 18.3 Å². The molecule has 19 heavy (non-hydrogen) atoms. The Morgan fingerprint density at radius 1 is 1.37 bits per heavy atom. The van der Waals surface area contributed by atoms with Crippen LogP contribution in [-0.2, 0) is 0 Å². The van der Waals surface area contributed by atoms with Crippen LogP contribution in [0.15, 0.2) is 22.5 Å². The van der Waals surface area contributed by atoms with Crippen molar-refractivity contribution in [3.05, 3.63) is 22.4 Å². The van der Waals surface area contributed by atoms with Gasteiger partial charge in [-0.1, -0.05) is 6.07 Å². The highest BCUT2D eigenvalue weighted by atomic mass is 32.1. The van der Waals surface area contributed by atoms with Gasteiger partial charge in [-0.2, -0.15) is 13.2 Å². The first-order valence-corrected chi connectivity index (χ1v) is 7.24. The van der Waals surface area contributed by atoms with E-state index in [1.165, 1.54) is 16.7 Å². The van der Waals surface area contributed by atoms with Crippen LogP contribution in [0, 0.1) is 0 Å². The van der Waals surface area contributed by atoms with Crippen LogP contribution < -0.4 is 10.2 Å². The molecule has 0 spiro atoms. The van der Waals surface area contributed by atoms with Crippen molar-refractivity contribution in [1.29, 1.82) is 0 Å². The van der Waals surface area contributed by atoms with E-state index in [1.54, 1.807) is 0 Å². The predicted molar refractivity (Wildman–Crippen MR) is 66.6 cm³/mol. The molecule has 0 amide bonds. The largest absolute Gasteiger partial charge is 0.503 e. The molecule has 2 aliphatic rings. The Labute approximate surface area is 113 Å². The van der Waals surface area contributed by atoms with Crippen LogP contribution in [0.25, 0.3) is 0 Å². The summed E-state index contributed by atoms with van der Waals surface area (Å²) in [6.07, 6.45) is -4.23. The zero-order valence-electron chi connectivity index (χ0n) is 10.3. The van der Waals surface area contributed by atoms with Crippen LogP contribution in [0.5, 0.6) is 0 Å². The summed E-state index contributed by atoms with van der Waals surface area (Å²) in [6, 6.07) is 3.71. The highest BCUT2D eigenvalue weighted by molar-refractivity contribution is 7.12. The summed E-state index contributed by atoms with van der Waals surface area (Å²) in [5, 5.41) is 3.35. The number of hydrogen-bond acceptors (Lipinski definition) is 2. The zero-order valence-corrected chi connectivity index (χ0v) is 11.2. The number of nitrogens with zero attached hydrogens (tertiary/aromatic N) is 1. The van der Waals surface area contributed by atoms with Gasteiger partial charge in [-0.25, -0.2) is 0 Å². The lowest BCUT2D eigenvalue weighted by atomic mass is 10.0. The minimum Gasteiger partial charge on any atom is -0.282 e. The second kappa shape index (κ2) is 4.57. The Balaban J connectivity index is 1.98. The van der Waals surface area contributed by atoms with Gasteiger partial charge >= 0.3 is 11.8 Å². The van der Waals surface area contributed by atoms with Gasteiger partial charge in [-0.3, -0.25) is 15.2 Å². The van der Waals surface area contributed by atoms with E-state index in [-0.39, 0.29) is 6.42 Å². The molecule has 3 heterocycles. The molecule has 1 saturated heterocycles. The summed E-state index contributed by atoms with van der Waals surface area (Å²) in [7, 11) is 0. The normalized spacial score (nSPS) is 31.7. The fourth-order valence-electron chi connectivity index (χ4n) is 3.08. The van der Waals surface area contributed by atoms with Crippen molar-refractivity contribution >= 4 is 17.0 Å². The van der Waals surface area contributed by atoms with Crippen molar-refractivity contribution in [1.82, 2.24) is 0 Å². The second-order valence-electron chi connectivity index (χ2n) is 5.05. The van der Waals surface area contributed by atoms with Gasteiger partial charge in [0.05, 0.1) is 12.3 Å². The first kappa shape index (κ1) is 13.1. The molecule has 0 radical (unpaired) electrons. The molecule has 104 valence electrons. The minimum atomic E-state index is -4.21. The summed E-state index contributed by atoms with van der Waals surface area (Å²) >= 11 is 1.46. The molecule has 3 nitrogen and oxygen atoms in total. The lowest BCUT2D eigenvalue weighted by Crippen LogP contribution is -3.29. The number of aliphatic imine (C=N–C) groups is 1. The first-order valence-electron chi connectivity index (χ1n) is 6.36. The lowest BCUT2D eigenvalue weighted by Gasteiger charge is -2.31. The average molecular weight is 291 g/mol. The van der Waals surface area contributed by atoms with Gasteiger partial charge in [0.2, 0.25) is 0 Å². The van der Waals surface area contributed by atoms with Gasteiger partial charge < -0.3 is 0 Å². The molecule has 2 atom stereocenters. The topological polar surface area (TPSA) is 33.4 Å². The number of rotatable bonds is 1. The molecule has 0 bridgehead atoms. The molecule has 1 fully saturated rings. The molecule has 1 aromatic rings. The minimum absolute atomic E-state index is 0.0215. The third-order valence-electron chi connectivity index (χ3n) is 4.04. The molecule has 2 aliphatic heterocycles. The summed E-state index contributed by atoms with van der Waals surface area (Å²) in [4.78, 5) is 5.88. The Bertz CT molecular complexity index is 483. The van der Waals surface area contributed by atoms with Crippen LogP contribution in [0.4, 0.5) is 13.2 Å². The number of nitrogens with one attached hydrogen (secondary N) is 1. The number of alkyl halides is 3. The van der Waals surface area contributed by atoms with Gasteiger partial charge in [0.25, 0.3) is 0 Å². The smallest absolute Gasteiger partial charge is 0.282 e. The molecule has 1 unspecified atom stereocenters. The summed E-state index contributed by atoms with van der Waals surface area (Å²) in [5.74, 6) is 0. The number of halogens is 3. The molecule has 3 N–H and O–H groups in total. The second-order valence-corrected chi connectivity index (χ2v) is 6.00. The Hall–Kier alpha value is -0.920. The Morgan fingerprint density at radius 3 is 2.89 bits per heavy atom. The number of hydrogen-bond donors (Lipinski definition) is 2. The number of nitrogens with two attached hydrogens (primary N) is 1. The maximum absolute atomic E-state index is 13.6. The van der Waals surface area contributed by atoms with E-state index in [2.05, 4.69) is 4.99 Å². The summed E-state index contributed by atoms with van der Waals surface area (Å²) < 4.78 is 40.7. The molecule has 0 aliphatic carbocycles. The highest BCUT2D eigenvalue weighted by Crippen LogP contribution is 2.29. The predicted octanol–water partition coefficient (Wildman–Crippen LogP) is -0.339. The van der Waals surface area contributed by atoms with Crippen LogP contribution in [0.2, 0.25) is 0 Å². The van der Waals surface area contributed by atoms with E-state index in [9.17, 15) is 13.2 Å². The van der Waals surface area contributed by atoms with E-state index in [4.69, 9.17) is 0 Å². The van der Waals surface area contributed by atoms with Crippen LogP contribution in [-0.4, -0.2) is 43.7 Å². The lowest BCUT2D eigenvalue weighted by molar-refractivity contribution is -1.04. The van der Waals surface area contributed by atoms with Crippen molar-refractivity contribution in [2.75, 3.05) is 26.2 Å². The fourth-order valence-corrected chi connectivity index (χ4v) is 3.81. The van der Waals surface area contributed by atoms with Crippen molar-refractivity contribution in [3.8, 4) is 0 Å². The summed E-state index contributed by atoms with van der Waals surface area (Å²) in [6.45, 7) is 2.04. The van der Waals surface area contributed by atoms with Gasteiger partial charge in [-0.05, 0) is 11.4 Å². The monoisotopic (exact) mass is 291 g/mol. The van der Waals surface area contributed by atoms with Crippen molar-refractivity contribution in [3.63, 3.8) is 0 Å². The third-order valence-corrected chi connectivity index (χ3v) is 4.96. The molecular formula is C12H16F3N3S+2. The quantitative estimate of drug-likeness (QED) is 0.710. The average Bonchev–Trinajstić information content (AvgIpc) is 2.95. The van der Waals surface area contributed by atoms with E-state index in [0.29, 0.717) is 36.8 Å². The maximum atomic E-state index is 13.6.